The van der Waals surface area contributed by atoms with Gasteiger partial charge in [0.15, 0.2) is 0 Å². The summed E-state index contributed by atoms with van der Waals surface area (Å²) in [5.41, 5.74) is 1.22. The van der Waals surface area contributed by atoms with Crippen LogP contribution in [0.2, 0.25) is 0 Å². The second kappa shape index (κ2) is 7.27. The number of fused-ring (bicyclic) bond motifs is 1. The molecule has 0 bridgehead atoms. The molecular weight excluding hydrogens is 372 g/mol. The number of hydrogen-bond acceptors (Lipinski definition) is 7. The highest BCUT2D eigenvalue weighted by atomic mass is 32.1. The van der Waals surface area contributed by atoms with Crippen molar-refractivity contribution in [2.45, 2.75) is 84.0 Å². The van der Waals surface area contributed by atoms with Crippen molar-refractivity contribution >= 4 is 21.7 Å². The number of aryl methyl sites for hydroxylation is 1. The molecule has 0 aromatic carbocycles. The van der Waals surface area contributed by atoms with Gasteiger partial charge in [0, 0.05) is 25.6 Å². The van der Waals surface area contributed by atoms with Gasteiger partial charge in [-0.25, -0.2) is 15.0 Å². The van der Waals surface area contributed by atoms with E-state index >= 15 is 0 Å². The summed E-state index contributed by atoms with van der Waals surface area (Å²) in [4.78, 5) is 17.5. The van der Waals surface area contributed by atoms with E-state index in [1.165, 1.54) is 30.7 Å². The maximum Gasteiger partial charge on any atom is 0.147 e. The van der Waals surface area contributed by atoms with Gasteiger partial charge in [-0.1, -0.05) is 25.2 Å². The zero-order valence-corrected chi connectivity index (χ0v) is 18.2. The molecule has 2 aromatic heterocycles. The first kappa shape index (κ1) is 20.1. The highest BCUT2D eigenvalue weighted by molar-refractivity contribution is 7.18. The molecule has 0 amide bonds. The number of likely N-dealkylation sites (tertiary alicyclic amines) is 1. The molecule has 28 heavy (non-hydrogen) atoms. The van der Waals surface area contributed by atoms with E-state index in [2.05, 4.69) is 23.7 Å². The van der Waals surface area contributed by atoms with E-state index in [0.717, 1.165) is 28.4 Å². The fourth-order valence-electron chi connectivity index (χ4n) is 4.54. The van der Waals surface area contributed by atoms with Gasteiger partial charge in [-0.15, -0.1) is 0 Å². The molecule has 2 N–H and O–H groups in total. The van der Waals surface area contributed by atoms with Gasteiger partial charge in [0.2, 0.25) is 0 Å². The van der Waals surface area contributed by atoms with Crippen LogP contribution in [-0.2, 0) is 6.54 Å². The van der Waals surface area contributed by atoms with Crippen LogP contribution < -0.4 is 0 Å². The third-order valence-corrected chi connectivity index (χ3v) is 7.61. The molecule has 2 fully saturated rings. The van der Waals surface area contributed by atoms with E-state index in [1.54, 1.807) is 18.3 Å². The van der Waals surface area contributed by atoms with Gasteiger partial charge in [0.25, 0.3) is 0 Å². The Labute approximate surface area is 171 Å². The third kappa shape index (κ3) is 4.08. The smallest absolute Gasteiger partial charge is 0.147 e. The van der Waals surface area contributed by atoms with Gasteiger partial charge in [0.1, 0.15) is 21.8 Å². The summed E-state index contributed by atoms with van der Waals surface area (Å²) < 4.78 is 0. The third-order valence-electron chi connectivity index (χ3n) is 6.50. The molecule has 0 spiro atoms. The molecule has 2 aliphatic rings. The molecule has 7 heteroatoms. The number of aliphatic hydroxyl groups excluding tert-OH is 1. The number of piperidine rings is 1. The summed E-state index contributed by atoms with van der Waals surface area (Å²) in [7, 11) is 0. The number of rotatable bonds is 3. The Kier molecular flexibility index (Phi) is 5.23. The number of hydrogen-bond donors (Lipinski definition) is 2. The van der Waals surface area contributed by atoms with Crippen LogP contribution in [-0.4, -0.2) is 54.9 Å². The van der Waals surface area contributed by atoms with Gasteiger partial charge in [-0.05, 0) is 51.4 Å². The Hall–Kier alpha value is -1.15. The van der Waals surface area contributed by atoms with Gasteiger partial charge in [0.05, 0.1) is 16.8 Å². The minimum absolute atomic E-state index is 0.438. The Balaban J connectivity index is 1.58. The van der Waals surface area contributed by atoms with Crippen molar-refractivity contribution in [2.75, 3.05) is 13.1 Å². The average Bonchev–Trinajstić information content (AvgIpc) is 3.02. The first-order valence-corrected chi connectivity index (χ1v) is 11.2. The Morgan fingerprint density at radius 3 is 2.50 bits per heavy atom. The zero-order chi connectivity index (χ0) is 20.1. The minimum atomic E-state index is -1.08. The summed E-state index contributed by atoms with van der Waals surface area (Å²) in [5, 5.41) is 21.6. The van der Waals surface area contributed by atoms with Crippen LogP contribution in [0.25, 0.3) is 10.3 Å². The van der Waals surface area contributed by atoms with Crippen molar-refractivity contribution in [1.82, 2.24) is 19.9 Å². The highest BCUT2D eigenvalue weighted by Gasteiger charge is 2.37. The predicted octanol–water partition coefficient (Wildman–Crippen LogP) is 3.40. The first-order chi connectivity index (χ1) is 13.1. The SMILES string of the molecule is Cc1nc(CN2CC[C@@H](O)[C@](C)(O)C2)c2nc(C3CCC(C)(C)CC3)sc2n1. The van der Waals surface area contributed by atoms with Crippen molar-refractivity contribution in [1.29, 1.82) is 0 Å². The van der Waals surface area contributed by atoms with Crippen LogP contribution in [0.1, 0.15) is 75.3 Å². The van der Waals surface area contributed by atoms with E-state index in [4.69, 9.17) is 9.97 Å². The molecule has 1 saturated carbocycles. The number of nitrogens with zero attached hydrogens (tertiary/aromatic N) is 4. The van der Waals surface area contributed by atoms with Gasteiger partial charge in [-0.2, -0.15) is 0 Å². The normalized spacial score (nSPS) is 29.4. The molecule has 0 unspecified atom stereocenters. The van der Waals surface area contributed by atoms with Crippen LogP contribution in [0.5, 0.6) is 0 Å². The molecule has 154 valence electrons. The fraction of sp³-hybridized carbons (Fsp3) is 0.762. The Morgan fingerprint density at radius 2 is 1.82 bits per heavy atom. The van der Waals surface area contributed by atoms with Gasteiger partial charge >= 0.3 is 0 Å². The molecule has 1 saturated heterocycles. The summed E-state index contributed by atoms with van der Waals surface area (Å²) in [6.07, 6.45) is 4.79. The summed E-state index contributed by atoms with van der Waals surface area (Å²) in [5.74, 6) is 1.30. The molecule has 6 nitrogen and oxygen atoms in total. The number of aliphatic hydroxyl groups is 2. The average molecular weight is 405 g/mol. The molecule has 0 radical (unpaired) electrons. The van der Waals surface area contributed by atoms with Gasteiger partial charge in [-0.3, -0.25) is 4.90 Å². The van der Waals surface area contributed by atoms with Crippen molar-refractivity contribution in [3.63, 3.8) is 0 Å². The quantitative estimate of drug-likeness (QED) is 0.816. The van der Waals surface area contributed by atoms with E-state index < -0.39 is 11.7 Å². The number of β-amino-alcohol motifs (C(OH)–C–C–N with tert-alkyl or cyclic N) is 1. The lowest BCUT2D eigenvalue weighted by atomic mass is 9.73. The molecule has 3 heterocycles. The Morgan fingerprint density at radius 1 is 1.11 bits per heavy atom. The lowest BCUT2D eigenvalue weighted by molar-refractivity contribution is -0.110. The van der Waals surface area contributed by atoms with E-state index in [0.29, 0.717) is 30.8 Å². The Bertz CT molecular complexity index is 853. The molecular formula is C21H32N4O2S. The molecule has 2 aromatic rings. The lowest BCUT2D eigenvalue weighted by Gasteiger charge is -2.40. The van der Waals surface area contributed by atoms with E-state index in [1.807, 2.05) is 6.92 Å². The van der Waals surface area contributed by atoms with Crippen molar-refractivity contribution in [3.05, 3.63) is 16.5 Å². The topological polar surface area (TPSA) is 82.4 Å². The number of thiazole rings is 1. The highest BCUT2D eigenvalue weighted by Crippen LogP contribution is 2.44. The largest absolute Gasteiger partial charge is 0.390 e. The maximum atomic E-state index is 10.4. The van der Waals surface area contributed by atoms with Crippen LogP contribution in [0.4, 0.5) is 0 Å². The van der Waals surface area contributed by atoms with Crippen LogP contribution >= 0.6 is 11.3 Å². The zero-order valence-electron chi connectivity index (χ0n) is 17.4. The van der Waals surface area contributed by atoms with Crippen molar-refractivity contribution in [3.8, 4) is 0 Å². The maximum absolute atomic E-state index is 10.4. The van der Waals surface area contributed by atoms with E-state index in [9.17, 15) is 10.2 Å². The molecule has 1 aliphatic heterocycles. The summed E-state index contributed by atoms with van der Waals surface area (Å²) >= 11 is 1.72. The summed E-state index contributed by atoms with van der Waals surface area (Å²) in [6, 6.07) is 0. The van der Waals surface area contributed by atoms with Crippen LogP contribution in [0.15, 0.2) is 0 Å². The second-order valence-electron chi connectivity index (χ2n) is 9.73. The summed E-state index contributed by atoms with van der Waals surface area (Å²) in [6.45, 7) is 10.2. The standard InChI is InChI=1S/C21H32N4O2S/c1-13-22-15(11-25-10-7-16(26)21(4,27)12-25)17-19(23-13)28-18(24-17)14-5-8-20(2,3)9-6-14/h14,16,26-27H,5-12H2,1-4H3/t16-,21-/m1/s1. The molecule has 4 rings (SSSR count). The lowest BCUT2D eigenvalue weighted by Crippen LogP contribution is -2.54. The predicted molar refractivity (Wildman–Crippen MR) is 111 cm³/mol. The fourth-order valence-corrected chi connectivity index (χ4v) is 5.72. The van der Waals surface area contributed by atoms with Gasteiger partial charge < -0.3 is 10.2 Å². The van der Waals surface area contributed by atoms with Crippen molar-refractivity contribution < 1.29 is 10.2 Å². The molecule has 2 atom stereocenters. The second-order valence-corrected chi connectivity index (χ2v) is 10.7. The molecule has 1 aliphatic carbocycles. The minimum Gasteiger partial charge on any atom is -0.390 e. The first-order valence-electron chi connectivity index (χ1n) is 10.4. The van der Waals surface area contributed by atoms with Crippen molar-refractivity contribution in [2.24, 2.45) is 5.41 Å². The number of aromatic nitrogens is 3. The monoisotopic (exact) mass is 404 g/mol. The van der Waals surface area contributed by atoms with Crippen LogP contribution in [0.3, 0.4) is 0 Å². The van der Waals surface area contributed by atoms with Crippen LogP contribution in [0, 0.1) is 12.3 Å². The van der Waals surface area contributed by atoms with E-state index in [-0.39, 0.29) is 0 Å².